The van der Waals surface area contributed by atoms with E-state index in [0.717, 1.165) is 30.6 Å². The number of rotatable bonds is 9. The molecule has 0 bridgehead atoms. The molecule has 150 valence electrons. The lowest BCUT2D eigenvalue weighted by Crippen LogP contribution is -2.24. The van der Waals surface area contributed by atoms with Gasteiger partial charge in [0.1, 0.15) is 11.5 Å². The third kappa shape index (κ3) is 5.78. The summed E-state index contributed by atoms with van der Waals surface area (Å²) in [6.07, 6.45) is 4.85. The third-order valence-corrected chi connectivity index (χ3v) is 4.36. The summed E-state index contributed by atoms with van der Waals surface area (Å²) in [5.74, 6) is 2.24. The quantitative estimate of drug-likeness (QED) is 0.527. The van der Waals surface area contributed by atoms with Gasteiger partial charge < -0.3 is 14.8 Å². The number of hydrogen-bond donors (Lipinski definition) is 1. The van der Waals surface area contributed by atoms with E-state index in [1.807, 2.05) is 36.4 Å². The minimum atomic E-state index is -0.0893. The molecule has 0 aliphatic carbocycles. The molecule has 0 atom stereocenters. The minimum Gasteiger partial charge on any atom is -0.497 e. The number of hydrogen-bond acceptors (Lipinski definition) is 5. The predicted molar refractivity (Wildman–Crippen MR) is 112 cm³/mol. The molecular formula is C23H25N3O3. The van der Waals surface area contributed by atoms with Gasteiger partial charge in [-0.3, -0.25) is 4.79 Å². The molecule has 0 radical (unpaired) electrons. The molecule has 6 nitrogen and oxygen atoms in total. The average molecular weight is 391 g/mol. The molecule has 0 aliphatic heterocycles. The smallest absolute Gasteiger partial charge is 0.251 e. The second-order valence-corrected chi connectivity index (χ2v) is 6.54. The molecule has 29 heavy (non-hydrogen) atoms. The molecule has 0 saturated carbocycles. The summed E-state index contributed by atoms with van der Waals surface area (Å²) in [7, 11) is 1.62. The zero-order valence-electron chi connectivity index (χ0n) is 16.7. The van der Waals surface area contributed by atoms with Crippen LogP contribution in [0.1, 0.15) is 36.5 Å². The normalized spacial score (nSPS) is 10.4. The van der Waals surface area contributed by atoms with Crippen molar-refractivity contribution < 1.29 is 14.3 Å². The number of nitrogens with one attached hydrogen (secondary N) is 1. The second-order valence-electron chi connectivity index (χ2n) is 6.54. The van der Waals surface area contributed by atoms with Crippen molar-refractivity contribution in [3.63, 3.8) is 0 Å². The fraction of sp³-hybridized carbons (Fsp3) is 0.261. The van der Waals surface area contributed by atoms with Crippen LogP contribution in [0.25, 0.3) is 11.4 Å². The van der Waals surface area contributed by atoms with Crippen LogP contribution in [0, 0.1) is 0 Å². The molecule has 0 unspecified atom stereocenters. The molecule has 3 aromatic rings. The van der Waals surface area contributed by atoms with Crippen molar-refractivity contribution in [2.45, 2.75) is 26.2 Å². The van der Waals surface area contributed by atoms with E-state index >= 15 is 0 Å². The first-order chi connectivity index (χ1) is 14.2. The zero-order chi connectivity index (χ0) is 20.5. The topological polar surface area (TPSA) is 73.3 Å². The SMILES string of the molecule is CCCCCNC(=O)c1cccc(-c2nccc(Oc3ccc(OC)cc3)n2)c1. The van der Waals surface area contributed by atoms with Gasteiger partial charge in [0.2, 0.25) is 5.88 Å². The highest BCUT2D eigenvalue weighted by Crippen LogP contribution is 2.24. The third-order valence-electron chi connectivity index (χ3n) is 4.36. The van der Waals surface area contributed by atoms with E-state index in [-0.39, 0.29) is 5.91 Å². The molecule has 3 rings (SSSR count). The molecule has 0 saturated heterocycles. The van der Waals surface area contributed by atoms with Gasteiger partial charge in [-0.15, -0.1) is 0 Å². The Morgan fingerprint density at radius 1 is 1.03 bits per heavy atom. The van der Waals surface area contributed by atoms with Crippen LogP contribution in [-0.4, -0.2) is 29.5 Å². The summed E-state index contributed by atoms with van der Waals surface area (Å²) in [6, 6.07) is 16.2. The number of unbranched alkanes of at least 4 members (excludes halogenated alkanes) is 2. The molecule has 1 heterocycles. The maximum Gasteiger partial charge on any atom is 0.251 e. The molecule has 2 aromatic carbocycles. The number of benzene rings is 2. The van der Waals surface area contributed by atoms with Crippen LogP contribution >= 0.6 is 0 Å². The Bertz CT molecular complexity index is 942. The highest BCUT2D eigenvalue weighted by atomic mass is 16.5. The lowest BCUT2D eigenvalue weighted by atomic mass is 10.1. The van der Waals surface area contributed by atoms with Gasteiger partial charge in [0.05, 0.1) is 7.11 Å². The molecule has 0 aliphatic rings. The van der Waals surface area contributed by atoms with Crippen molar-refractivity contribution in [1.82, 2.24) is 15.3 Å². The Labute approximate surface area is 170 Å². The van der Waals surface area contributed by atoms with E-state index < -0.39 is 0 Å². The molecule has 0 fully saturated rings. The lowest BCUT2D eigenvalue weighted by Gasteiger charge is -2.08. The van der Waals surface area contributed by atoms with Crippen molar-refractivity contribution in [1.29, 1.82) is 0 Å². The Hall–Kier alpha value is -3.41. The van der Waals surface area contributed by atoms with E-state index in [9.17, 15) is 4.79 Å². The number of carbonyl (C=O) groups excluding carboxylic acids is 1. The second kappa shape index (κ2) is 10.2. The number of amides is 1. The number of ether oxygens (including phenoxy) is 2. The Balaban J connectivity index is 1.71. The van der Waals surface area contributed by atoms with E-state index in [4.69, 9.17) is 9.47 Å². The van der Waals surface area contributed by atoms with Crippen molar-refractivity contribution in [2.24, 2.45) is 0 Å². The van der Waals surface area contributed by atoms with Crippen LogP contribution in [0.2, 0.25) is 0 Å². The van der Waals surface area contributed by atoms with Gasteiger partial charge in [-0.05, 0) is 42.8 Å². The summed E-state index contributed by atoms with van der Waals surface area (Å²) in [5, 5.41) is 2.95. The molecule has 1 aromatic heterocycles. The highest BCUT2D eigenvalue weighted by Gasteiger charge is 2.09. The van der Waals surface area contributed by atoms with Gasteiger partial charge in [-0.1, -0.05) is 31.9 Å². The number of nitrogens with zero attached hydrogens (tertiary/aromatic N) is 2. The fourth-order valence-electron chi connectivity index (χ4n) is 2.78. The van der Waals surface area contributed by atoms with Crippen molar-refractivity contribution in [3.05, 3.63) is 66.4 Å². The standard InChI is InChI=1S/C23H25N3O3/c1-3-4-5-14-25-23(27)18-8-6-7-17(16-18)22-24-15-13-21(26-22)29-20-11-9-19(28-2)10-12-20/h6-13,15-16H,3-5,14H2,1-2H3,(H,25,27). The zero-order valence-corrected chi connectivity index (χ0v) is 16.7. The average Bonchev–Trinajstić information content (AvgIpc) is 2.77. The number of carbonyl (C=O) groups is 1. The summed E-state index contributed by atoms with van der Waals surface area (Å²) < 4.78 is 11.0. The van der Waals surface area contributed by atoms with Crippen LogP contribution in [0.5, 0.6) is 17.4 Å². The van der Waals surface area contributed by atoms with E-state index in [1.165, 1.54) is 0 Å². The predicted octanol–water partition coefficient (Wildman–Crippen LogP) is 4.86. The van der Waals surface area contributed by atoms with E-state index in [2.05, 4.69) is 22.2 Å². The highest BCUT2D eigenvalue weighted by molar-refractivity contribution is 5.95. The maximum atomic E-state index is 12.4. The fourth-order valence-corrected chi connectivity index (χ4v) is 2.78. The first-order valence-corrected chi connectivity index (χ1v) is 9.73. The Morgan fingerprint density at radius 2 is 1.83 bits per heavy atom. The van der Waals surface area contributed by atoms with Crippen LogP contribution in [-0.2, 0) is 0 Å². The monoisotopic (exact) mass is 391 g/mol. The van der Waals surface area contributed by atoms with Gasteiger partial charge in [0, 0.05) is 29.9 Å². The molecule has 6 heteroatoms. The van der Waals surface area contributed by atoms with Crippen LogP contribution in [0.4, 0.5) is 0 Å². The van der Waals surface area contributed by atoms with Crippen molar-refractivity contribution in [2.75, 3.05) is 13.7 Å². The van der Waals surface area contributed by atoms with Gasteiger partial charge in [0.25, 0.3) is 5.91 Å². The Morgan fingerprint density at radius 3 is 2.59 bits per heavy atom. The summed E-state index contributed by atoms with van der Waals surface area (Å²) >= 11 is 0. The number of aromatic nitrogens is 2. The van der Waals surface area contributed by atoms with E-state index in [1.54, 1.807) is 31.5 Å². The van der Waals surface area contributed by atoms with Crippen molar-refractivity contribution in [3.8, 4) is 28.8 Å². The lowest BCUT2D eigenvalue weighted by molar-refractivity contribution is 0.0953. The summed E-state index contributed by atoms with van der Waals surface area (Å²) in [6.45, 7) is 2.82. The first kappa shape index (κ1) is 20.3. The first-order valence-electron chi connectivity index (χ1n) is 9.73. The minimum absolute atomic E-state index is 0.0893. The van der Waals surface area contributed by atoms with Crippen LogP contribution in [0.15, 0.2) is 60.8 Å². The number of methoxy groups -OCH3 is 1. The molecular weight excluding hydrogens is 366 g/mol. The van der Waals surface area contributed by atoms with Crippen LogP contribution in [0.3, 0.4) is 0 Å². The molecule has 1 N–H and O–H groups in total. The van der Waals surface area contributed by atoms with Gasteiger partial charge in [-0.25, -0.2) is 4.98 Å². The summed E-state index contributed by atoms with van der Waals surface area (Å²) in [4.78, 5) is 21.2. The van der Waals surface area contributed by atoms with Gasteiger partial charge >= 0.3 is 0 Å². The largest absolute Gasteiger partial charge is 0.497 e. The van der Waals surface area contributed by atoms with Crippen LogP contribution < -0.4 is 14.8 Å². The van der Waals surface area contributed by atoms with Crippen molar-refractivity contribution >= 4 is 5.91 Å². The Kier molecular flexibility index (Phi) is 7.16. The maximum absolute atomic E-state index is 12.4. The van der Waals surface area contributed by atoms with Gasteiger partial charge in [-0.2, -0.15) is 4.98 Å². The molecule has 0 spiro atoms. The van der Waals surface area contributed by atoms with E-state index in [0.29, 0.717) is 29.6 Å². The summed E-state index contributed by atoms with van der Waals surface area (Å²) in [5.41, 5.74) is 1.34. The molecule has 1 amide bonds. The van der Waals surface area contributed by atoms with Gasteiger partial charge in [0.15, 0.2) is 5.82 Å².